The number of halogens is 1. The van der Waals surface area contributed by atoms with E-state index in [2.05, 4.69) is 10.0 Å². The molecule has 0 spiro atoms. The number of amides is 1. The van der Waals surface area contributed by atoms with Gasteiger partial charge in [-0.25, -0.2) is 13.1 Å². The maximum Gasteiger partial charge on any atom is 0.240 e. The molecule has 1 amide bonds. The van der Waals surface area contributed by atoms with Crippen molar-refractivity contribution in [1.82, 2.24) is 10.0 Å². The van der Waals surface area contributed by atoms with Crippen molar-refractivity contribution in [3.63, 3.8) is 0 Å². The SMILES string of the molecule is CC(O)CNC(=O)CCNS(=O)(=O)c1cccc(Cl)c1. The monoisotopic (exact) mass is 320 g/mol. The average molecular weight is 321 g/mol. The number of rotatable bonds is 7. The zero-order chi connectivity index (χ0) is 15.2. The van der Waals surface area contributed by atoms with E-state index in [0.717, 1.165) is 0 Å². The van der Waals surface area contributed by atoms with Crippen molar-refractivity contribution in [3.05, 3.63) is 29.3 Å². The number of hydrogen-bond acceptors (Lipinski definition) is 4. The minimum Gasteiger partial charge on any atom is -0.392 e. The first-order chi connectivity index (χ1) is 9.31. The fraction of sp³-hybridized carbons (Fsp3) is 0.417. The van der Waals surface area contributed by atoms with Crippen LogP contribution in [0.15, 0.2) is 29.2 Å². The zero-order valence-electron chi connectivity index (χ0n) is 11.0. The summed E-state index contributed by atoms with van der Waals surface area (Å²) in [5, 5.41) is 11.8. The van der Waals surface area contributed by atoms with Crippen LogP contribution in [-0.2, 0) is 14.8 Å². The lowest BCUT2D eigenvalue weighted by molar-refractivity contribution is -0.121. The lowest BCUT2D eigenvalue weighted by Crippen LogP contribution is -2.34. The maximum atomic E-state index is 11.9. The normalized spacial score (nSPS) is 12.9. The van der Waals surface area contributed by atoms with E-state index in [1.807, 2.05) is 0 Å². The van der Waals surface area contributed by atoms with E-state index in [4.69, 9.17) is 16.7 Å². The largest absolute Gasteiger partial charge is 0.392 e. The van der Waals surface area contributed by atoms with E-state index in [0.29, 0.717) is 5.02 Å². The number of sulfonamides is 1. The molecule has 20 heavy (non-hydrogen) atoms. The summed E-state index contributed by atoms with van der Waals surface area (Å²) in [5.41, 5.74) is 0. The quantitative estimate of drug-likeness (QED) is 0.682. The number of aliphatic hydroxyl groups is 1. The fourth-order valence-corrected chi connectivity index (χ4v) is 2.70. The van der Waals surface area contributed by atoms with Gasteiger partial charge in [-0.2, -0.15) is 0 Å². The molecule has 0 radical (unpaired) electrons. The first kappa shape index (κ1) is 16.9. The standard InChI is InChI=1S/C12H17ClN2O4S/c1-9(16)8-14-12(17)5-6-15-20(18,19)11-4-2-3-10(13)7-11/h2-4,7,9,15-16H,5-6,8H2,1H3,(H,14,17). The molecule has 0 aliphatic carbocycles. The van der Waals surface area contributed by atoms with Crippen LogP contribution in [0.2, 0.25) is 5.02 Å². The number of hydrogen-bond donors (Lipinski definition) is 3. The number of benzene rings is 1. The zero-order valence-corrected chi connectivity index (χ0v) is 12.5. The van der Waals surface area contributed by atoms with E-state index in [1.165, 1.54) is 18.2 Å². The van der Waals surface area contributed by atoms with Crippen LogP contribution < -0.4 is 10.0 Å². The van der Waals surface area contributed by atoms with Crippen LogP contribution in [0, 0.1) is 0 Å². The minimum atomic E-state index is -3.67. The molecule has 1 unspecified atom stereocenters. The van der Waals surface area contributed by atoms with Crippen LogP contribution in [0.1, 0.15) is 13.3 Å². The van der Waals surface area contributed by atoms with Gasteiger partial charge in [-0.05, 0) is 25.1 Å². The van der Waals surface area contributed by atoms with Gasteiger partial charge < -0.3 is 10.4 Å². The lowest BCUT2D eigenvalue weighted by atomic mass is 10.3. The van der Waals surface area contributed by atoms with E-state index < -0.39 is 16.1 Å². The van der Waals surface area contributed by atoms with Crippen LogP contribution >= 0.6 is 11.6 Å². The van der Waals surface area contributed by atoms with Crippen LogP contribution in [0.25, 0.3) is 0 Å². The Hall–Kier alpha value is -1.15. The summed E-state index contributed by atoms with van der Waals surface area (Å²) in [6.07, 6.45) is -0.644. The summed E-state index contributed by atoms with van der Waals surface area (Å²) in [5.74, 6) is -0.334. The van der Waals surface area contributed by atoms with Crippen LogP contribution in [-0.4, -0.2) is 38.6 Å². The van der Waals surface area contributed by atoms with Gasteiger partial charge in [0.2, 0.25) is 15.9 Å². The molecule has 0 aromatic heterocycles. The van der Waals surface area contributed by atoms with Crippen molar-refractivity contribution in [2.24, 2.45) is 0 Å². The summed E-state index contributed by atoms with van der Waals surface area (Å²) in [6.45, 7) is 1.66. The Morgan fingerprint density at radius 3 is 2.75 bits per heavy atom. The molecule has 1 atom stereocenters. The van der Waals surface area contributed by atoms with Crippen LogP contribution in [0.3, 0.4) is 0 Å². The van der Waals surface area contributed by atoms with Gasteiger partial charge >= 0.3 is 0 Å². The smallest absolute Gasteiger partial charge is 0.240 e. The third-order valence-electron chi connectivity index (χ3n) is 2.35. The van der Waals surface area contributed by atoms with Gasteiger partial charge in [0, 0.05) is 24.5 Å². The van der Waals surface area contributed by atoms with Gasteiger partial charge in [-0.1, -0.05) is 17.7 Å². The second-order valence-electron chi connectivity index (χ2n) is 4.26. The summed E-state index contributed by atoms with van der Waals surface area (Å²) in [4.78, 5) is 11.4. The molecule has 0 heterocycles. The molecule has 0 fully saturated rings. The Labute approximate surface area is 123 Å². The van der Waals surface area contributed by atoms with Crippen molar-refractivity contribution in [3.8, 4) is 0 Å². The molecule has 0 saturated heterocycles. The number of carbonyl (C=O) groups is 1. The van der Waals surface area contributed by atoms with Crippen molar-refractivity contribution < 1.29 is 18.3 Å². The topological polar surface area (TPSA) is 95.5 Å². The molecule has 1 aromatic rings. The highest BCUT2D eigenvalue weighted by molar-refractivity contribution is 7.89. The molecule has 0 saturated carbocycles. The molecule has 0 bridgehead atoms. The van der Waals surface area contributed by atoms with Gasteiger partial charge in [0.1, 0.15) is 0 Å². The Bertz CT molecular complexity index is 560. The van der Waals surface area contributed by atoms with Crippen molar-refractivity contribution in [2.45, 2.75) is 24.3 Å². The Kier molecular flexibility index (Phi) is 6.41. The molecular weight excluding hydrogens is 304 g/mol. The molecule has 3 N–H and O–H groups in total. The Balaban J connectivity index is 2.47. The second-order valence-corrected chi connectivity index (χ2v) is 6.46. The molecule has 6 nitrogen and oxygen atoms in total. The summed E-state index contributed by atoms with van der Waals surface area (Å²) < 4.78 is 26.1. The predicted octanol–water partition coefficient (Wildman–Crippen LogP) is 0.505. The van der Waals surface area contributed by atoms with E-state index >= 15 is 0 Å². The molecule has 112 valence electrons. The molecule has 1 aromatic carbocycles. The highest BCUT2D eigenvalue weighted by Gasteiger charge is 2.14. The Morgan fingerprint density at radius 2 is 2.15 bits per heavy atom. The third-order valence-corrected chi connectivity index (χ3v) is 4.04. The fourth-order valence-electron chi connectivity index (χ4n) is 1.37. The average Bonchev–Trinajstić information content (AvgIpc) is 2.36. The first-order valence-corrected chi connectivity index (χ1v) is 7.87. The molecule has 0 aliphatic heterocycles. The van der Waals surface area contributed by atoms with Crippen molar-refractivity contribution >= 4 is 27.5 Å². The number of nitrogens with one attached hydrogen (secondary N) is 2. The molecular formula is C12H17ClN2O4S. The van der Waals surface area contributed by atoms with Crippen LogP contribution in [0.5, 0.6) is 0 Å². The molecule has 8 heteroatoms. The van der Waals surface area contributed by atoms with E-state index in [-0.39, 0.29) is 30.3 Å². The predicted molar refractivity (Wildman–Crippen MR) is 75.9 cm³/mol. The third kappa shape index (κ3) is 5.87. The molecule has 1 rings (SSSR count). The van der Waals surface area contributed by atoms with Gasteiger partial charge in [-0.3, -0.25) is 4.79 Å². The van der Waals surface area contributed by atoms with Crippen molar-refractivity contribution in [2.75, 3.05) is 13.1 Å². The Morgan fingerprint density at radius 1 is 1.45 bits per heavy atom. The summed E-state index contributed by atoms with van der Waals surface area (Å²) >= 11 is 5.73. The first-order valence-electron chi connectivity index (χ1n) is 6.01. The van der Waals surface area contributed by atoms with Gasteiger partial charge in [-0.15, -0.1) is 0 Å². The van der Waals surface area contributed by atoms with Gasteiger partial charge in [0.25, 0.3) is 0 Å². The van der Waals surface area contributed by atoms with E-state index in [1.54, 1.807) is 13.0 Å². The summed E-state index contributed by atoms with van der Waals surface area (Å²) in [6, 6.07) is 5.86. The lowest BCUT2D eigenvalue weighted by Gasteiger charge is -2.08. The number of carbonyl (C=O) groups excluding carboxylic acids is 1. The number of aliphatic hydroxyl groups excluding tert-OH is 1. The van der Waals surface area contributed by atoms with Gasteiger partial charge in [0.05, 0.1) is 11.0 Å². The van der Waals surface area contributed by atoms with Gasteiger partial charge in [0.15, 0.2) is 0 Å². The summed E-state index contributed by atoms with van der Waals surface area (Å²) in [7, 11) is -3.67. The second kappa shape index (κ2) is 7.58. The maximum absolute atomic E-state index is 11.9. The van der Waals surface area contributed by atoms with Crippen molar-refractivity contribution in [1.29, 1.82) is 0 Å². The van der Waals surface area contributed by atoms with Crippen LogP contribution in [0.4, 0.5) is 0 Å². The highest BCUT2D eigenvalue weighted by atomic mass is 35.5. The minimum absolute atomic E-state index is 0.00742. The van der Waals surface area contributed by atoms with E-state index in [9.17, 15) is 13.2 Å². The molecule has 0 aliphatic rings. The highest BCUT2D eigenvalue weighted by Crippen LogP contribution is 2.14.